The Hall–Kier alpha value is -2.94. The first-order valence-electron chi connectivity index (χ1n) is 9.74. The molecule has 0 aliphatic carbocycles. The lowest BCUT2D eigenvalue weighted by Crippen LogP contribution is -2.27. The molecule has 1 unspecified atom stereocenters. The predicted molar refractivity (Wildman–Crippen MR) is 108 cm³/mol. The first kappa shape index (κ1) is 19.4. The van der Waals surface area contributed by atoms with Gasteiger partial charge in [0, 0.05) is 26.3 Å². The van der Waals surface area contributed by atoms with Crippen LogP contribution in [-0.2, 0) is 18.3 Å². The van der Waals surface area contributed by atoms with Gasteiger partial charge in [-0.05, 0) is 39.3 Å². The van der Waals surface area contributed by atoms with Gasteiger partial charge in [0.2, 0.25) is 0 Å². The van der Waals surface area contributed by atoms with Crippen LogP contribution in [0.4, 0.5) is 0 Å². The minimum absolute atomic E-state index is 0.0525. The van der Waals surface area contributed by atoms with Crippen molar-refractivity contribution < 1.29 is 9.53 Å². The predicted octanol–water partition coefficient (Wildman–Crippen LogP) is 1.86. The van der Waals surface area contributed by atoms with Gasteiger partial charge in [-0.2, -0.15) is 0 Å². The fourth-order valence-corrected chi connectivity index (χ4v) is 3.78. The molecule has 0 radical (unpaired) electrons. The van der Waals surface area contributed by atoms with Crippen LogP contribution in [0, 0.1) is 0 Å². The number of hydrogen-bond donors (Lipinski definition) is 1. The molecule has 1 fully saturated rings. The lowest BCUT2D eigenvalue weighted by atomic mass is 10.2. The van der Waals surface area contributed by atoms with Crippen LogP contribution in [0.3, 0.4) is 0 Å². The van der Waals surface area contributed by atoms with Crippen LogP contribution < -0.4 is 5.69 Å². The number of H-pyrrole nitrogens is 1. The highest BCUT2D eigenvalue weighted by molar-refractivity contribution is 5.87. The van der Waals surface area contributed by atoms with Crippen LogP contribution in [0.2, 0.25) is 0 Å². The van der Waals surface area contributed by atoms with Crippen molar-refractivity contribution in [1.29, 1.82) is 0 Å². The summed E-state index contributed by atoms with van der Waals surface area (Å²) in [5.41, 5.74) is 1.19. The Kier molecular flexibility index (Phi) is 4.77. The number of fused-ring (bicyclic) bond motifs is 1. The summed E-state index contributed by atoms with van der Waals surface area (Å²) in [4.78, 5) is 38.7. The highest BCUT2D eigenvalue weighted by Crippen LogP contribution is 2.24. The Balaban J connectivity index is 1.48. The quantitative estimate of drug-likeness (QED) is 0.674. The normalized spacial score (nSPS) is 17.9. The first-order valence-corrected chi connectivity index (χ1v) is 9.74. The van der Waals surface area contributed by atoms with Crippen molar-refractivity contribution >= 4 is 17.1 Å². The highest BCUT2D eigenvalue weighted by Gasteiger charge is 2.28. The van der Waals surface area contributed by atoms with E-state index in [1.54, 1.807) is 21.5 Å². The summed E-state index contributed by atoms with van der Waals surface area (Å²) in [5, 5.41) is 0. The second-order valence-corrected chi connectivity index (χ2v) is 8.47. The third kappa shape index (κ3) is 3.82. The van der Waals surface area contributed by atoms with E-state index in [1.807, 2.05) is 40.0 Å². The number of aromatic nitrogens is 5. The summed E-state index contributed by atoms with van der Waals surface area (Å²) in [6, 6.07) is 3.73. The molecule has 0 bridgehead atoms. The maximum Gasteiger partial charge on any atom is 0.357 e. The van der Waals surface area contributed by atoms with Crippen molar-refractivity contribution in [2.24, 2.45) is 7.05 Å². The van der Waals surface area contributed by atoms with E-state index in [-0.39, 0.29) is 17.7 Å². The Morgan fingerprint density at radius 1 is 1.34 bits per heavy atom. The molecule has 3 aromatic heterocycles. The molecular formula is C20H26N6O3. The molecule has 1 atom stereocenters. The number of aromatic amines is 1. The average molecular weight is 398 g/mol. The molecule has 1 aliphatic rings. The van der Waals surface area contributed by atoms with E-state index < -0.39 is 5.60 Å². The lowest BCUT2D eigenvalue weighted by Gasteiger charge is -2.20. The number of nitrogens with one attached hydrogen (secondary N) is 1. The van der Waals surface area contributed by atoms with Gasteiger partial charge in [0.15, 0.2) is 5.65 Å². The maximum absolute atomic E-state index is 12.4. The molecule has 3 aromatic rings. The first-order chi connectivity index (χ1) is 13.7. The summed E-state index contributed by atoms with van der Waals surface area (Å²) in [6.45, 7) is 7.68. The highest BCUT2D eigenvalue weighted by atomic mass is 16.6. The second kappa shape index (κ2) is 7.14. The number of imidazole rings is 2. The second-order valence-electron chi connectivity index (χ2n) is 8.47. The molecule has 0 aromatic carbocycles. The maximum atomic E-state index is 12.4. The molecule has 154 valence electrons. The summed E-state index contributed by atoms with van der Waals surface area (Å²) < 4.78 is 8.97. The molecule has 1 saturated heterocycles. The van der Waals surface area contributed by atoms with Gasteiger partial charge < -0.3 is 14.3 Å². The molecule has 9 heteroatoms. The summed E-state index contributed by atoms with van der Waals surface area (Å²) in [5.74, 6) is 0.408. The topological polar surface area (TPSA) is 98.0 Å². The van der Waals surface area contributed by atoms with E-state index in [9.17, 15) is 9.59 Å². The number of pyridine rings is 1. The molecule has 0 amide bonds. The number of hydrogen-bond acceptors (Lipinski definition) is 6. The smallest absolute Gasteiger partial charge is 0.357 e. The van der Waals surface area contributed by atoms with Gasteiger partial charge in [-0.25, -0.2) is 19.6 Å². The third-order valence-corrected chi connectivity index (χ3v) is 5.15. The van der Waals surface area contributed by atoms with Gasteiger partial charge in [0.05, 0.1) is 24.3 Å². The number of nitrogens with zero attached hydrogens (tertiary/aromatic N) is 5. The zero-order valence-electron chi connectivity index (χ0n) is 17.2. The molecular weight excluding hydrogens is 372 g/mol. The van der Waals surface area contributed by atoms with Crippen molar-refractivity contribution in [3.63, 3.8) is 0 Å². The standard InChI is InChI=1S/C20H26N6O3/c1-20(2,3)29-18(27)15-10-22-16(24(15)4)12-25-9-7-13(11-25)26-17-14(23-19(26)28)6-5-8-21-17/h5-6,8,10,13H,7,9,11-12H2,1-4H3,(H,23,28). The van der Waals surface area contributed by atoms with E-state index in [4.69, 9.17) is 4.74 Å². The molecule has 0 spiro atoms. The minimum Gasteiger partial charge on any atom is -0.455 e. The number of rotatable bonds is 4. The van der Waals surface area contributed by atoms with Gasteiger partial charge in [-0.1, -0.05) is 0 Å². The fraction of sp³-hybridized carbons (Fsp3) is 0.500. The Labute approximate surface area is 168 Å². The number of carbonyl (C=O) groups is 1. The fourth-order valence-electron chi connectivity index (χ4n) is 3.78. The van der Waals surface area contributed by atoms with Gasteiger partial charge in [-0.15, -0.1) is 0 Å². The summed E-state index contributed by atoms with van der Waals surface area (Å²) >= 11 is 0. The Morgan fingerprint density at radius 2 is 2.14 bits per heavy atom. The van der Waals surface area contributed by atoms with Crippen molar-refractivity contribution in [2.75, 3.05) is 13.1 Å². The van der Waals surface area contributed by atoms with Gasteiger partial charge in [0.25, 0.3) is 0 Å². The van der Waals surface area contributed by atoms with Crippen LogP contribution in [0.1, 0.15) is 49.5 Å². The van der Waals surface area contributed by atoms with E-state index in [0.29, 0.717) is 17.9 Å². The number of esters is 1. The minimum atomic E-state index is -0.551. The van der Waals surface area contributed by atoms with Gasteiger partial charge >= 0.3 is 11.7 Å². The van der Waals surface area contributed by atoms with Crippen LogP contribution in [-0.4, -0.2) is 53.6 Å². The van der Waals surface area contributed by atoms with Gasteiger partial charge in [-0.3, -0.25) is 9.47 Å². The molecule has 4 rings (SSSR count). The van der Waals surface area contributed by atoms with E-state index in [0.717, 1.165) is 30.9 Å². The van der Waals surface area contributed by atoms with E-state index >= 15 is 0 Å². The molecule has 1 N–H and O–H groups in total. The van der Waals surface area contributed by atoms with Crippen LogP contribution >= 0.6 is 0 Å². The average Bonchev–Trinajstić information content (AvgIpc) is 3.31. The summed E-state index contributed by atoms with van der Waals surface area (Å²) in [6.07, 6.45) is 4.11. The van der Waals surface area contributed by atoms with E-state index in [2.05, 4.69) is 19.9 Å². The number of ether oxygens (including phenoxy) is 1. The zero-order valence-corrected chi connectivity index (χ0v) is 17.2. The Morgan fingerprint density at radius 3 is 2.90 bits per heavy atom. The zero-order chi connectivity index (χ0) is 20.8. The molecule has 29 heavy (non-hydrogen) atoms. The van der Waals surface area contributed by atoms with Crippen molar-refractivity contribution in [2.45, 2.75) is 45.4 Å². The van der Waals surface area contributed by atoms with Crippen molar-refractivity contribution in [3.8, 4) is 0 Å². The van der Waals surface area contributed by atoms with Crippen LogP contribution in [0.15, 0.2) is 29.3 Å². The van der Waals surface area contributed by atoms with Crippen molar-refractivity contribution in [3.05, 3.63) is 46.5 Å². The number of carbonyl (C=O) groups excluding carboxylic acids is 1. The van der Waals surface area contributed by atoms with Crippen LogP contribution in [0.25, 0.3) is 11.2 Å². The lowest BCUT2D eigenvalue weighted by molar-refractivity contribution is 0.00584. The monoisotopic (exact) mass is 398 g/mol. The summed E-state index contributed by atoms with van der Waals surface area (Å²) in [7, 11) is 1.82. The molecule has 9 nitrogen and oxygen atoms in total. The van der Waals surface area contributed by atoms with Gasteiger partial charge in [0.1, 0.15) is 17.1 Å². The number of likely N-dealkylation sites (tertiary alicyclic amines) is 1. The molecule has 1 aliphatic heterocycles. The SMILES string of the molecule is Cn1c(C(=O)OC(C)(C)C)cnc1CN1CCC(n2c(=O)[nH]c3cccnc32)C1. The third-order valence-electron chi connectivity index (χ3n) is 5.15. The van der Waals surface area contributed by atoms with Crippen molar-refractivity contribution in [1.82, 2.24) is 29.0 Å². The van der Waals surface area contributed by atoms with Crippen LogP contribution in [0.5, 0.6) is 0 Å². The molecule has 4 heterocycles. The Bertz CT molecular complexity index is 1100. The van der Waals surface area contributed by atoms with E-state index in [1.165, 1.54) is 0 Å². The largest absolute Gasteiger partial charge is 0.455 e. The molecule has 0 saturated carbocycles.